The Hall–Kier alpha value is -2.16. The summed E-state index contributed by atoms with van der Waals surface area (Å²) in [6.45, 7) is 0. The molecular weight excluding hydrogens is 234 g/mol. The van der Waals surface area contributed by atoms with Gasteiger partial charge in [-0.2, -0.15) is 0 Å². The highest BCUT2D eigenvalue weighted by Crippen LogP contribution is 2.39. The van der Waals surface area contributed by atoms with Crippen molar-refractivity contribution in [1.82, 2.24) is 0 Å². The Labute approximate surface area is 114 Å². The number of nitrogens with zero attached hydrogens (tertiary/aromatic N) is 2. The smallest absolute Gasteiger partial charge is 0.125 e. The van der Waals surface area contributed by atoms with E-state index in [1.807, 2.05) is 0 Å². The molecule has 1 atom stereocenters. The summed E-state index contributed by atoms with van der Waals surface area (Å²) in [6, 6.07) is 17.1. The molecule has 0 aliphatic carbocycles. The number of anilines is 3. The monoisotopic (exact) mass is 253 g/mol. The zero-order valence-corrected chi connectivity index (χ0v) is 11.6. The molecule has 3 heteroatoms. The fraction of sp³-hybridized carbons (Fsp3) is 0.250. The molecule has 3 rings (SSSR count). The molecule has 0 spiro atoms. The second-order valence-corrected chi connectivity index (χ2v) is 5.16. The number of benzene rings is 2. The van der Waals surface area contributed by atoms with E-state index in [1.165, 1.54) is 22.6 Å². The first-order valence-electron chi connectivity index (χ1n) is 6.52. The van der Waals surface area contributed by atoms with Crippen molar-refractivity contribution in [2.75, 3.05) is 36.3 Å². The number of nitrogens with one attached hydrogen (secondary N) is 1. The summed E-state index contributed by atoms with van der Waals surface area (Å²) in [5.74, 6) is 0. The number of hydrogen-bond donors (Lipinski definition) is 1. The van der Waals surface area contributed by atoms with Gasteiger partial charge < -0.3 is 15.1 Å². The Morgan fingerprint density at radius 3 is 2.32 bits per heavy atom. The average Bonchev–Trinajstić information content (AvgIpc) is 2.77. The molecule has 0 saturated carbocycles. The van der Waals surface area contributed by atoms with Crippen LogP contribution >= 0.6 is 0 Å². The first kappa shape index (κ1) is 11.9. The minimum absolute atomic E-state index is 0.216. The lowest BCUT2D eigenvalue weighted by molar-refractivity contribution is 0.792. The fourth-order valence-corrected chi connectivity index (χ4v) is 2.55. The molecule has 0 radical (unpaired) electrons. The van der Waals surface area contributed by atoms with Gasteiger partial charge in [-0.1, -0.05) is 24.3 Å². The molecule has 1 heterocycles. The van der Waals surface area contributed by atoms with E-state index in [9.17, 15) is 0 Å². The van der Waals surface area contributed by atoms with Gasteiger partial charge in [0.25, 0.3) is 0 Å². The molecule has 1 unspecified atom stereocenters. The molecule has 0 bridgehead atoms. The van der Waals surface area contributed by atoms with Gasteiger partial charge in [-0.25, -0.2) is 0 Å². The summed E-state index contributed by atoms with van der Waals surface area (Å²) < 4.78 is 0. The van der Waals surface area contributed by atoms with E-state index in [0.717, 1.165) is 0 Å². The normalized spacial score (nSPS) is 17.0. The largest absolute Gasteiger partial charge is 0.378 e. The average molecular weight is 253 g/mol. The Kier molecular flexibility index (Phi) is 2.82. The predicted molar refractivity (Wildman–Crippen MR) is 82.0 cm³/mol. The van der Waals surface area contributed by atoms with Gasteiger partial charge >= 0.3 is 0 Å². The first-order chi connectivity index (χ1) is 9.16. The lowest BCUT2D eigenvalue weighted by Gasteiger charge is -2.23. The Bertz CT molecular complexity index is 575. The van der Waals surface area contributed by atoms with Gasteiger partial charge in [0.1, 0.15) is 6.17 Å². The number of fused-ring (bicyclic) bond motifs is 1. The molecule has 2 aromatic rings. The van der Waals surface area contributed by atoms with E-state index in [4.69, 9.17) is 0 Å². The quantitative estimate of drug-likeness (QED) is 0.885. The van der Waals surface area contributed by atoms with Gasteiger partial charge in [-0.05, 0) is 29.8 Å². The molecule has 0 fully saturated rings. The van der Waals surface area contributed by atoms with Crippen molar-refractivity contribution in [2.24, 2.45) is 0 Å². The second-order valence-electron chi connectivity index (χ2n) is 5.16. The molecule has 98 valence electrons. The molecule has 2 aromatic carbocycles. The van der Waals surface area contributed by atoms with Gasteiger partial charge in [-0.15, -0.1) is 0 Å². The summed E-state index contributed by atoms with van der Waals surface area (Å²) in [7, 11) is 6.25. The van der Waals surface area contributed by atoms with Crippen molar-refractivity contribution in [2.45, 2.75) is 6.17 Å². The topological polar surface area (TPSA) is 18.5 Å². The molecule has 0 aromatic heterocycles. The van der Waals surface area contributed by atoms with E-state index < -0.39 is 0 Å². The lowest BCUT2D eigenvalue weighted by atomic mass is 10.1. The summed E-state index contributed by atoms with van der Waals surface area (Å²) in [6.07, 6.45) is 0.216. The maximum atomic E-state index is 3.56. The molecule has 0 amide bonds. The van der Waals surface area contributed by atoms with Crippen LogP contribution in [0.15, 0.2) is 48.5 Å². The summed E-state index contributed by atoms with van der Waals surface area (Å²) >= 11 is 0. The van der Waals surface area contributed by atoms with Gasteiger partial charge in [-0.3, -0.25) is 0 Å². The minimum atomic E-state index is 0.216. The molecule has 1 N–H and O–H groups in total. The van der Waals surface area contributed by atoms with E-state index >= 15 is 0 Å². The zero-order chi connectivity index (χ0) is 13.4. The standard InChI is InChI=1S/C16H19N3/c1-18(2)13-10-8-12(9-11-13)16-17-14-6-4-5-7-15(14)19(16)3/h4-11,16-17H,1-3H3. The molecule has 1 aliphatic rings. The maximum Gasteiger partial charge on any atom is 0.125 e. The Balaban J connectivity index is 1.89. The van der Waals surface area contributed by atoms with Crippen molar-refractivity contribution in [3.8, 4) is 0 Å². The summed E-state index contributed by atoms with van der Waals surface area (Å²) in [5.41, 5.74) is 4.96. The molecule has 1 aliphatic heterocycles. The van der Waals surface area contributed by atoms with Crippen LogP contribution in [0.25, 0.3) is 0 Å². The number of hydrogen-bond acceptors (Lipinski definition) is 3. The molecule has 3 nitrogen and oxygen atoms in total. The van der Waals surface area contributed by atoms with Crippen molar-refractivity contribution < 1.29 is 0 Å². The van der Waals surface area contributed by atoms with Crippen molar-refractivity contribution >= 4 is 17.1 Å². The van der Waals surface area contributed by atoms with E-state index in [1.54, 1.807) is 0 Å². The predicted octanol–water partition coefficient (Wildman–Crippen LogP) is 3.31. The lowest BCUT2D eigenvalue weighted by Crippen LogP contribution is -2.23. The van der Waals surface area contributed by atoms with Gasteiger partial charge in [0, 0.05) is 26.8 Å². The maximum absolute atomic E-state index is 3.56. The van der Waals surface area contributed by atoms with E-state index in [2.05, 4.69) is 84.8 Å². The minimum Gasteiger partial charge on any atom is -0.378 e. The summed E-state index contributed by atoms with van der Waals surface area (Å²) in [4.78, 5) is 4.39. The van der Waals surface area contributed by atoms with Crippen molar-refractivity contribution in [3.05, 3.63) is 54.1 Å². The Morgan fingerprint density at radius 1 is 1.00 bits per heavy atom. The number of rotatable bonds is 2. The van der Waals surface area contributed by atoms with Crippen LogP contribution in [0.5, 0.6) is 0 Å². The van der Waals surface area contributed by atoms with Crippen LogP contribution in [0.3, 0.4) is 0 Å². The highest BCUT2D eigenvalue weighted by atomic mass is 15.3. The molecule has 19 heavy (non-hydrogen) atoms. The van der Waals surface area contributed by atoms with Crippen LogP contribution in [0.1, 0.15) is 11.7 Å². The third-order valence-electron chi connectivity index (χ3n) is 3.69. The van der Waals surface area contributed by atoms with E-state index in [-0.39, 0.29) is 6.17 Å². The zero-order valence-electron chi connectivity index (χ0n) is 11.6. The third-order valence-corrected chi connectivity index (χ3v) is 3.69. The SMILES string of the molecule is CN(C)c1ccc(C2Nc3ccccc3N2C)cc1. The first-order valence-corrected chi connectivity index (χ1v) is 6.52. The van der Waals surface area contributed by atoms with Crippen molar-refractivity contribution in [3.63, 3.8) is 0 Å². The highest BCUT2D eigenvalue weighted by Gasteiger charge is 2.26. The third kappa shape index (κ3) is 2.01. The van der Waals surface area contributed by atoms with Crippen LogP contribution in [-0.4, -0.2) is 21.1 Å². The number of para-hydroxylation sites is 2. The van der Waals surface area contributed by atoms with Crippen LogP contribution in [-0.2, 0) is 0 Å². The van der Waals surface area contributed by atoms with Crippen LogP contribution in [0.2, 0.25) is 0 Å². The highest BCUT2D eigenvalue weighted by molar-refractivity contribution is 5.76. The van der Waals surface area contributed by atoms with Gasteiger partial charge in [0.2, 0.25) is 0 Å². The van der Waals surface area contributed by atoms with Crippen LogP contribution in [0, 0.1) is 0 Å². The fourth-order valence-electron chi connectivity index (χ4n) is 2.55. The summed E-state index contributed by atoms with van der Waals surface area (Å²) in [5, 5.41) is 3.56. The van der Waals surface area contributed by atoms with Crippen LogP contribution in [0.4, 0.5) is 17.1 Å². The van der Waals surface area contributed by atoms with E-state index in [0.29, 0.717) is 0 Å². The second kappa shape index (κ2) is 4.50. The van der Waals surface area contributed by atoms with Crippen LogP contribution < -0.4 is 15.1 Å². The molecule has 0 saturated heterocycles. The Morgan fingerprint density at radius 2 is 1.68 bits per heavy atom. The van der Waals surface area contributed by atoms with Crippen molar-refractivity contribution in [1.29, 1.82) is 0 Å². The molecular formula is C16H19N3. The van der Waals surface area contributed by atoms with Gasteiger partial charge in [0.05, 0.1) is 11.4 Å². The van der Waals surface area contributed by atoms with Gasteiger partial charge in [0.15, 0.2) is 0 Å².